The van der Waals surface area contributed by atoms with E-state index in [0.29, 0.717) is 18.8 Å². The minimum absolute atomic E-state index is 0.0387. The number of aromatic nitrogens is 1. The Morgan fingerprint density at radius 2 is 1.92 bits per heavy atom. The molecule has 3 rings (SSSR count). The monoisotopic (exact) mass is 376 g/mol. The van der Waals surface area contributed by atoms with Crippen LogP contribution in [0.5, 0.6) is 0 Å². The van der Waals surface area contributed by atoms with Crippen LogP contribution >= 0.6 is 0 Å². The minimum Gasteiger partial charge on any atom is -0.363 e. The summed E-state index contributed by atoms with van der Waals surface area (Å²) in [6, 6.07) is 8.03. The molecule has 0 bridgehead atoms. The van der Waals surface area contributed by atoms with Gasteiger partial charge in [-0.2, -0.15) is 0 Å². The summed E-state index contributed by atoms with van der Waals surface area (Å²) in [6.45, 7) is 3.59. The van der Waals surface area contributed by atoms with Crippen LogP contribution in [-0.4, -0.2) is 55.7 Å². The first kappa shape index (κ1) is 18.3. The lowest BCUT2D eigenvalue weighted by atomic mass is 10.2. The lowest BCUT2D eigenvalue weighted by Gasteiger charge is -2.35. The minimum atomic E-state index is -3.49. The summed E-state index contributed by atoms with van der Waals surface area (Å²) in [4.78, 5) is 19.2. The number of sulfone groups is 1. The van der Waals surface area contributed by atoms with Crippen molar-refractivity contribution in [2.75, 3.05) is 37.3 Å². The fourth-order valence-electron chi connectivity index (χ4n) is 3.04. The van der Waals surface area contributed by atoms with Gasteiger partial charge in [-0.1, -0.05) is 6.07 Å². The molecule has 9 heteroatoms. The average Bonchev–Trinajstić information content (AvgIpc) is 2.62. The molecule has 0 atom stereocenters. The van der Waals surface area contributed by atoms with Gasteiger partial charge in [-0.05, 0) is 23.8 Å². The molecule has 1 fully saturated rings. The number of benzene rings is 1. The van der Waals surface area contributed by atoms with Gasteiger partial charge in [0.05, 0.1) is 9.82 Å². The highest BCUT2D eigenvalue weighted by atomic mass is 32.2. The first-order valence-electron chi connectivity index (χ1n) is 8.19. The molecule has 0 aliphatic carbocycles. The second-order valence-corrected chi connectivity index (χ2v) is 8.32. The molecule has 0 spiro atoms. The van der Waals surface area contributed by atoms with Crippen LogP contribution in [0.4, 0.5) is 11.4 Å². The Balaban J connectivity index is 1.74. The Bertz CT molecular complexity index is 894. The lowest BCUT2D eigenvalue weighted by molar-refractivity contribution is -0.384. The third-order valence-electron chi connectivity index (χ3n) is 4.41. The Kier molecular flexibility index (Phi) is 5.19. The second-order valence-electron chi connectivity index (χ2n) is 6.30. The van der Waals surface area contributed by atoms with Crippen LogP contribution in [0.15, 0.2) is 47.6 Å². The van der Waals surface area contributed by atoms with Crippen LogP contribution in [0.2, 0.25) is 0 Å². The average molecular weight is 376 g/mol. The summed E-state index contributed by atoms with van der Waals surface area (Å²) in [5.74, 6) is 0. The molecule has 0 N–H and O–H groups in total. The maximum absolute atomic E-state index is 11.7. The molecule has 1 aliphatic rings. The Morgan fingerprint density at radius 1 is 1.19 bits per heavy atom. The summed E-state index contributed by atoms with van der Waals surface area (Å²) in [6.07, 6.45) is 4.62. The van der Waals surface area contributed by atoms with E-state index in [1.807, 2.05) is 23.2 Å². The Morgan fingerprint density at radius 3 is 2.50 bits per heavy atom. The van der Waals surface area contributed by atoms with Gasteiger partial charge in [-0.25, -0.2) is 8.42 Å². The van der Waals surface area contributed by atoms with Gasteiger partial charge in [0.1, 0.15) is 5.69 Å². The summed E-state index contributed by atoms with van der Waals surface area (Å²) in [5, 5.41) is 11.4. The largest absolute Gasteiger partial charge is 0.363 e. The normalized spacial score (nSPS) is 15.8. The number of piperazine rings is 1. The number of nitro benzene ring substituents is 1. The molecule has 0 amide bonds. The van der Waals surface area contributed by atoms with Crippen molar-refractivity contribution < 1.29 is 13.3 Å². The molecule has 26 heavy (non-hydrogen) atoms. The van der Waals surface area contributed by atoms with Crippen molar-refractivity contribution in [3.63, 3.8) is 0 Å². The molecular weight excluding hydrogens is 356 g/mol. The maximum atomic E-state index is 11.7. The van der Waals surface area contributed by atoms with E-state index in [-0.39, 0.29) is 10.6 Å². The van der Waals surface area contributed by atoms with E-state index < -0.39 is 14.8 Å². The van der Waals surface area contributed by atoms with E-state index >= 15 is 0 Å². The Labute approximate surface area is 152 Å². The summed E-state index contributed by atoms with van der Waals surface area (Å²) >= 11 is 0. The summed E-state index contributed by atoms with van der Waals surface area (Å²) in [7, 11) is -3.49. The molecular formula is C17H20N4O4S. The SMILES string of the molecule is CS(=O)(=O)c1ccc(N2CCN(Cc3cccnc3)CC2)c([N+](=O)[O-])c1. The van der Waals surface area contributed by atoms with Crippen LogP contribution in [0.3, 0.4) is 0 Å². The predicted molar refractivity (Wildman–Crippen MR) is 97.9 cm³/mol. The topological polar surface area (TPSA) is 96.7 Å². The molecule has 1 saturated heterocycles. The predicted octanol–water partition coefficient (Wildman–Crippen LogP) is 1.72. The van der Waals surface area contributed by atoms with Crippen molar-refractivity contribution >= 4 is 21.2 Å². The fraction of sp³-hybridized carbons (Fsp3) is 0.353. The van der Waals surface area contributed by atoms with Crippen molar-refractivity contribution in [1.82, 2.24) is 9.88 Å². The van der Waals surface area contributed by atoms with Gasteiger partial charge in [0.15, 0.2) is 9.84 Å². The van der Waals surface area contributed by atoms with Gasteiger partial charge >= 0.3 is 0 Å². The molecule has 8 nitrogen and oxygen atoms in total. The van der Waals surface area contributed by atoms with Crippen molar-refractivity contribution in [2.24, 2.45) is 0 Å². The van der Waals surface area contributed by atoms with Gasteiger partial charge in [0.2, 0.25) is 0 Å². The van der Waals surface area contributed by atoms with Crippen LogP contribution in [-0.2, 0) is 16.4 Å². The van der Waals surface area contributed by atoms with Gasteiger partial charge in [-0.15, -0.1) is 0 Å². The van der Waals surface area contributed by atoms with Crippen molar-refractivity contribution in [3.8, 4) is 0 Å². The van der Waals surface area contributed by atoms with E-state index in [4.69, 9.17) is 0 Å². The van der Waals surface area contributed by atoms with E-state index in [1.54, 1.807) is 6.20 Å². The van der Waals surface area contributed by atoms with E-state index in [2.05, 4.69) is 9.88 Å². The number of rotatable bonds is 5. The van der Waals surface area contributed by atoms with E-state index in [1.165, 1.54) is 12.1 Å². The van der Waals surface area contributed by atoms with Crippen LogP contribution in [0.1, 0.15) is 5.56 Å². The molecule has 2 heterocycles. The third kappa shape index (κ3) is 4.17. The molecule has 138 valence electrons. The molecule has 0 unspecified atom stereocenters. The van der Waals surface area contributed by atoms with Crippen molar-refractivity contribution in [2.45, 2.75) is 11.4 Å². The highest BCUT2D eigenvalue weighted by Gasteiger charge is 2.25. The fourth-order valence-corrected chi connectivity index (χ4v) is 3.69. The molecule has 2 aromatic rings. The molecule has 1 aromatic heterocycles. The van der Waals surface area contributed by atoms with Crippen molar-refractivity contribution in [1.29, 1.82) is 0 Å². The van der Waals surface area contributed by atoms with Crippen molar-refractivity contribution in [3.05, 3.63) is 58.4 Å². The zero-order chi connectivity index (χ0) is 18.7. The van der Waals surface area contributed by atoms with E-state index in [9.17, 15) is 18.5 Å². The first-order valence-corrected chi connectivity index (χ1v) is 10.1. The first-order chi connectivity index (χ1) is 12.3. The van der Waals surface area contributed by atoms with Gasteiger partial charge in [-0.3, -0.25) is 20.0 Å². The number of hydrogen-bond donors (Lipinski definition) is 0. The zero-order valence-corrected chi connectivity index (χ0v) is 15.2. The lowest BCUT2D eigenvalue weighted by Crippen LogP contribution is -2.46. The number of nitro groups is 1. The second kappa shape index (κ2) is 7.38. The molecule has 1 aliphatic heterocycles. The van der Waals surface area contributed by atoms with Crippen LogP contribution in [0, 0.1) is 10.1 Å². The number of anilines is 1. The molecule has 1 aromatic carbocycles. The quantitative estimate of drug-likeness (QED) is 0.579. The number of hydrogen-bond acceptors (Lipinski definition) is 7. The maximum Gasteiger partial charge on any atom is 0.293 e. The highest BCUT2D eigenvalue weighted by Crippen LogP contribution is 2.31. The standard InChI is InChI=1S/C17H20N4O4S/c1-26(24,25)15-4-5-16(17(11-15)21(22)23)20-9-7-19(8-10-20)13-14-3-2-6-18-12-14/h2-6,11-12H,7-10,13H2,1H3. The van der Waals surface area contributed by atoms with E-state index in [0.717, 1.165) is 37.5 Å². The van der Waals surface area contributed by atoms with Gasteiger partial charge in [0, 0.05) is 57.4 Å². The Hall–Kier alpha value is -2.52. The molecule has 0 radical (unpaired) electrons. The zero-order valence-electron chi connectivity index (χ0n) is 14.4. The summed E-state index contributed by atoms with van der Waals surface area (Å²) in [5.41, 5.74) is 1.42. The third-order valence-corrected chi connectivity index (χ3v) is 5.52. The number of nitrogens with zero attached hydrogens (tertiary/aromatic N) is 4. The summed E-state index contributed by atoms with van der Waals surface area (Å²) < 4.78 is 23.3. The smallest absolute Gasteiger partial charge is 0.293 e. The highest BCUT2D eigenvalue weighted by molar-refractivity contribution is 7.90. The van der Waals surface area contributed by atoms with Crippen LogP contribution < -0.4 is 4.90 Å². The van der Waals surface area contributed by atoms with Crippen LogP contribution in [0.25, 0.3) is 0 Å². The van der Waals surface area contributed by atoms with Gasteiger partial charge in [0.25, 0.3) is 5.69 Å². The molecule has 0 saturated carbocycles. The number of pyridine rings is 1. The van der Waals surface area contributed by atoms with Gasteiger partial charge < -0.3 is 4.90 Å².